The Morgan fingerprint density at radius 1 is 0.958 bits per heavy atom. The van der Waals surface area contributed by atoms with Gasteiger partial charge < -0.3 is 0 Å². The second kappa shape index (κ2) is 17.1. The van der Waals surface area contributed by atoms with Crippen molar-refractivity contribution in [3.8, 4) is 0 Å². The van der Waals surface area contributed by atoms with Gasteiger partial charge in [0.05, 0.1) is 11.3 Å². The van der Waals surface area contributed by atoms with Gasteiger partial charge in [0.15, 0.2) is 6.29 Å². The van der Waals surface area contributed by atoms with Gasteiger partial charge >= 0.3 is 0 Å². The van der Waals surface area contributed by atoms with Crippen LogP contribution in [0, 0.1) is 10.1 Å². The molecule has 0 spiro atoms. The van der Waals surface area contributed by atoms with Crippen LogP contribution in [0.15, 0.2) is 60.4 Å². The zero-order valence-corrected chi connectivity index (χ0v) is 14.5. The van der Waals surface area contributed by atoms with E-state index >= 15 is 0 Å². The third kappa shape index (κ3) is 14.7. The van der Waals surface area contributed by atoms with Crippen LogP contribution in [-0.4, -0.2) is 11.2 Å². The van der Waals surface area contributed by atoms with Gasteiger partial charge in [-0.15, -0.1) is 0 Å². The van der Waals surface area contributed by atoms with Crippen molar-refractivity contribution in [1.29, 1.82) is 0 Å². The molecule has 0 saturated carbocycles. The van der Waals surface area contributed by atoms with Crippen LogP contribution in [0.25, 0.3) is 0 Å². The summed E-state index contributed by atoms with van der Waals surface area (Å²) >= 11 is 0. The molecule has 0 saturated heterocycles. The normalized spacial score (nSPS) is 13.0. The van der Waals surface area contributed by atoms with Crippen LogP contribution in [0.5, 0.6) is 0 Å². The van der Waals surface area contributed by atoms with E-state index < -0.39 is 0 Å². The largest absolute Gasteiger partial charge is 0.291 e. The van der Waals surface area contributed by atoms with Crippen molar-refractivity contribution in [3.63, 3.8) is 0 Å². The zero-order chi connectivity index (χ0) is 17.9. The van der Waals surface area contributed by atoms with Crippen LogP contribution in [0.4, 0.5) is 0 Å². The number of hydrogen-bond donors (Lipinski definition) is 0. The lowest BCUT2D eigenvalue weighted by Gasteiger charge is -1.93. The van der Waals surface area contributed by atoms with Crippen LogP contribution in [0.3, 0.4) is 0 Å². The van der Waals surface area contributed by atoms with Gasteiger partial charge in [-0.25, -0.2) is 0 Å². The third-order valence-electron chi connectivity index (χ3n) is 3.15. The van der Waals surface area contributed by atoms with Gasteiger partial charge in [-0.1, -0.05) is 55.5 Å². The van der Waals surface area contributed by atoms with E-state index in [1.807, 2.05) is 42.7 Å². The molecule has 0 aliphatic heterocycles. The molecule has 131 valence electrons. The van der Waals surface area contributed by atoms with E-state index in [-0.39, 0.29) is 10.6 Å². The number of rotatable bonds is 14. The van der Waals surface area contributed by atoms with E-state index in [4.69, 9.17) is 0 Å². The molecular formula is C20H28NO3. The van der Waals surface area contributed by atoms with Gasteiger partial charge in [0.2, 0.25) is 5.70 Å². The van der Waals surface area contributed by atoms with Gasteiger partial charge in [0.25, 0.3) is 0 Å². The zero-order valence-electron chi connectivity index (χ0n) is 14.5. The van der Waals surface area contributed by atoms with Crippen molar-refractivity contribution in [3.05, 3.63) is 70.5 Å². The van der Waals surface area contributed by atoms with Gasteiger partial charge in [0.1, 0.15) is 0 Å². The number of hydrogen-bond acceptors (Lipinski definition) is 3. The molecule has 0 atom stereocenters. The molecule has 0 aromatic carbocycles. The Balaban J connectivity index is 4.08. The third-order valence-corrected chi connectivity index (χ3v) is 3.15. The van der Waals surface area contributed by atoms with Crippen molar-refractivity contribution in [2.45, 2.75) is 58.3 Å². The standard InChI is InChI=1S/C20H28NO3/c1-2-3-4-5-8-11-14-17-20(21(23)24)18-15-12-9-6-7-10-13-16-19-22/h3-4,6-8,11-12,15,17H,2,5,9-10,13-14,16,18H2,1H3/b4-3-,7-6-,11-8-,15-12-,20-17+. The van der Waals surface area contributed by atoms with Crippen molar-refractivity contribution in [1.82, 2.24) is 0 Å². The smallest absolute Gasteiger partial charge is 0.246 e. The maximum Gasteiger partial charge on any atom is 0.246 e. The Bertz CT molecular complexity index is 485. The Kier molecular flexibility index (Phi) is 15.5. The molecule has 0 fully saturated rings. The number of carbonyl (C=O) groups excluding carboxylic acids is 1. The van der Waals surface area contributed by atoms with Gasteiger partial charge in [0, 0.05) is 6.42 Å². The first-order valence-electron chi connectivity index (χ1n) is 8.50. The first-order chi connectivity index (χ1) is 11.7. The number of nitro groups is 1. The Labute approximate surface area is 145 Å². The quantitative estimate of drug-likeness (QED) is 0.180. The maximum atomic E-state index is 11.0. The molecular weight excluding hydrogens is 302 g/mol. The van der Waals surface area contributed by atoms with E-state index in [1.165, 1.54) is 0 Å². The van der Waals surface area contributed by atoms with E-state index in [0.29, 0.717) is 19.3 Å². The fraction of sp³-hybridized carbons (Fsp3) is 0.450. The highest BCUT2D eigenvalue weighted by molar-refractivity contribution is 5.50. The van der Waals surface area contributed by atoms with Crippen molar-refractivity contribution >= 4 is 6.29 Å². The summed E-state index contributed by atoms with van der Waals surface area (Å²) in [6, 6.07) is 0. The highest BCUT2D eigenvalue weighted by atomic mass is 16.6. The lowest BCUT2D eigenvalue weighted by molar-refractivity contribution is -0.427. The summed E-state index contributed by atoms with van der Waals surface area (Å²) < 4.78 is 0. The van der Waals surface area contributed by atoms with Crippen molar-refractivity contribution < 1.29 is 9.72 Å². The Morgan fingerprint density at radius 2 is 1.58 bits per heavy atom. The minimum Gasteiger partial charge on any atom is -0.291 e. The second-order valence-electron chi connectivity index (χ2n) is 5.19. The molecule has 0 N–H and O–H groups in total. The van der Waals surface area contributed by atoms with E-state index in [0.717, 1.165) is 32.1 Å². The maximum absolute atomic E-state index is 11.0. The summed E-state index contributed by atoms with van der Waals surface area (Å²) in [6.45, 7) is 2.09. The van der Waals surface area contributed by atoms with Crippen LogP contribution in [0.2, 0.25) is 0 Å². The number of unbranched alkanes of at least 4 members (excludes halogenated alkanes) is 2. The monoisotopic (exact) mass is 330 g/mol. The summed E-state index contributed by atoms with van der Waals surface area (Å²) in [6.07, 6.45) is 25.2. The summed E-state index contributed by atoms with van der Waals surface area (Å²) in [5.41, 5.74) is 0.227. The van der Waals surface area contributed by atoms with Crippen LogP contribution in [-0.2, 0) is 4.79 Å². The first kappa shape index (κ1) is 21.8. The average Bonchev–Trinajstić information content (AvgIpc) is 2.57. The first-order valence-corrected chi connectivity index (χ1v) is 8.50. The lowest BCUT2D eigenvalue weighted by Crippen LogP contribution is -1.97. The molecule has 4 heteroatoms. The van der Waals surface area contributed by atoms with Gasteiger partial charge in [-0.3, -0.25) is 14.9 Å². The summed E-state index contributed by atoms with van der Waals surface area (Å²) in [4.78, 5) is 20.7. The molecule has 0 aliphatic carbocycles. The molecule has 4 nitrogen and oxygen atoms in total. The molecule has 24 heavy (non-hydrogen) atoms. The Morgan fingerprint density at radius 3 is 2.25 bits per heavy atom. The van der Waals surface area contributed by atoms with E-state index in [1.54, 1.807) is 6.08 Å². The summed E-state index contributed by atoms with van der Waals surface area (Å²) in [5, 5.41) is 11.0. The van der Waals surface area contributed by atoms with Crippen molar-refractivity contribution in [2.75, 3.05) is 0 Å². The molecule has 0 bridgehead atoms. The second-order valence-corrected chi connectivity index (χ2v) is 5.19. The minimum atomic E-state index is -0.319. The molecule has 0 aromatic rings. The molecule has 0 aromatic heterocycles. The number of allylic oxidation sites excluding steroid dienone is 9. The van der Waals surface area contributed by atoms with Crippen molar-refractivity contribution in [2.24, 2.45) is 0 Å². The summed E-state index contributed by atoms with van der Waals surface area (Å²) in [7, 11) is 0. The van der Waals surface area contributed by atoms with Gasteiger partial charge in [-0.2, -0.15) is 0 Å². The van der Waals surface area contributed by atoms with E-state index in [9.17, 15) is 14.9 Å². The molecule has 0 amide bonds. The highest BCUT2D eigenvalue weighted by Crippen LogP contribution is 2.07. The number of nitrogens with zero attached hydrogens (tertiary/aromatic N) is 1. The molecule has 0 unspecified atom stereocenters. The molecule has 0 heterocycles. The van der Waals surface area contributed by atoms with Gasteiger partial charge in [-0.05, 0) is 44.6 Å². The predicted molar refractivity (Wildman–Crippen MR) is 99.9 cm³/mol. The molecule has 0 rings (SSSR count). The summed E-state index contributed by atoms with van der Waals surface area (Å²) in [5.74, 6) is 0. The average molecular weight is 330 g/mol. The predicted octanol–water partition coefficient (Wildman–Crippen LogP) is 5.62. The Hall–Kier alpha value is -2.23. The molecule has 1 radical (unpaired) electrons. The highest BCUT2D eigenvalue weighted by Gasteiger charge is 2.06. The van der Waals surface area contributed by atoms with E-state index in [2.05, 4.69) is 19.1 Å². The lowest BCUT2D eigenvalue weighted by atomic mass is 10.2. The fourth-order valence-electron chi connectivity index (χ4n) is 1.86. The van der Waals surface area contributed by atoms with Crippen LogP contribution >= 0.6 is 0 Å². The topological polar surface area (TPSA) is 60.2 Å². The molecule has 0 aliphatic rings. The fourth-order valence-corrected chi connectivity index (χ4v) is 1.86. The van der Waals surface area contributed by atoms with Crippen LogP contribution < -0.4 is 0 Å². The minimum absolute atomic E-state index is 0.227. The van der Waals surface area contributed by atoms with Crippen LogP contribution in [0.1, 0.15) is 58.3 Å². The SMILES string of the molecule is CC/C=C\C/C=C\C/C=C(\C/C=C\C/C=C\CCC[C]=O)[N+](=O)[O-].